The molecule has 1 aliphatic heterocycles. The van der Waals surface area contributed by atoms with Gasteiger partial charge >= 0.3 is 0 Å². The molecule has 0 saturated heterocycles. The summed E-state index contributed by atoms with van der Waals surface area (Å²) >= 11 is 6.13. The lowest BCUT2D eigenvalue weighted by atomic mass is 10.0. The van der Waals surface area contributed by atoms with Crippen molar-refractivity contribution in [3.8, 4) is 11.5 Å². The molecular formula is C13H18ClNO3. The molecule has 0 unspecified atom stereocenters. The van der Waals surface area contributed by atoms with Crippen molar-refractivity contribution >= 4 is 11.6 Å². The van der Waals surface area contributed by atoms with E-state index in [9.17, 15) is 5.11 Å². The van der Waals surface area contributed by atoms with Crippen LogP contribution in [0.2, 0.25) is 5.02 Å². The Balaban J connectivity index is 2.18. The first-order valence-electron chi connectivity index (χ1n) is 5.84. The van der Waals surface area contributed by atoms with Gasteiger partial charge in [0.1, 0.15) is 0 Å². The molecule has 0 radical (unpaired) electrons. The van der Waals surface area contributed by atoms with Crippen LogP contribution in [0.3, 0.4) is 0 Å². The van der Waals surface area contributed by atoms with E-state index in [1.807, 2.05) is 33.0 Å². The van der Waals surface area contributed by atoms with Crippen molar-refractivity contribution in [2.75, 3.05) is 20.4 Å². The summed E-state index contributed by atoms with van der Waals surface area (Å²) < 4.78 is 10.6. The fourth-order valence-electron chi connectivity index (χ4n) is 1.72. The summed E-state index contributed by atoms with van der Waals surface area (Å²) in [5, 5.41) is 9.90. The molecule has 2 rings (SSSR count). The van der Waals surface area contributed by atoms with Crippen LogP contribution in [-0.2, 0) is 6.54 Å². The Morgan fingerprint density at radius 2 is 2.11 bits per heavy atom. The number of halogens is 1. The highest BCUT2D eigenvalue weighted by molar-refractivity contribution is 6.32. The molecule has 0 bridgehead atoms. The fourth-order valence-corrected chi connectivity index (χ4v) is 2.01. The minimum Gasteiger partial charge on any atom is -0.454 e. The average molecular weight is 272 g/mol. The van der Waals surface area contributed by atoms with Gasteiger partial charge in [-0.2, -0.15) is 0 Å². The van der Waals surface area contributed by atoms with Gasteiger partial charge in [0.25, 0.3) is 0 Å². The summed E-state index contributed by atoms with van der Waals surface area (Å²) in [6.07, 6.45) is 0. The van der Waals surface area contributed by atoms with Crippen molar-refractivity contribution in [1.82, 2.24) is 4.90 Å². The van der Waals surface area contributed by atoms with Crippen LogP contribution in [0.25, 0.3) is 0 Å². The van der Waals surface area contributed by atoms with E-state index < -0.39 is 0 Å². The first kappa shape index (κ1) is 13.5. The number of hydrogen-bond acceptors (Lipinski definition) is 4. The SMILES string of the molecule is CN(Cc1cc(Cl)c2c(c1)OCO2)C(C)(C)CO. The molecule has 0 aliphatic carbocycles. The zero-order valence-electron chi connectivity index (χ0n) is 10.9. The molecule has 0 atom stereocenters. The van der Waals surface area contributed by atoms with Gasteiger partial charge in [-0.05, 0) is 38.6 Å². The maximum atomic E-state index is 9.34. The Morgan fingerprint density at radius 3 is 2.78 bits per heavy atom. The Hall–Kier alpha value is -0.970. The molecule has 5 heteroatoms. The van der Waals surface area contributed by atoms with Gasteiger partial charge < -0.3 is 14.6 Å². The molecule has 1 N–H and O–H groups in total. The first-order chi connectivity index (χ1) is 8.44. The Kier molecular flexibility index (Phi) is 3.71. The topological polar surface area (TPSA) is 41.9 Å². The van der Waals surface area contributed by atoms with Crippen LogP contribution in [0, 0.1) is 0 Å². The Morgan fingerprint density at radius 1 is 1.39 bits per heavy atom. The number of rotatable bonds is 4. The molecule has 1 aromatic carbocycles. The van der Waals surface area contributed by atoms with E-state index in [2.05, 4.69) is 4.90 Å². The van der Waals surface area contributed by atoms with Gasteiger partial charge in [0.2, 0.25) is 6.79 Å². The summed E-state index contributed by atoms with van der Waals surface area (Å²) in [5.41, 5.74) is 0.760. The van der Waals surface area contributed by atoms with Crippen LogP contribution in [0.5, 0.6) is 11.5 Å². The van der Waals surface area contributed by atoms with Crippen molar-refractivity contribution in [3.63, 3.8) is 0 Å². The molecule has 1 heterocycles. The second-order valence-electron chi connectivity index (χ2n) is 5.14. The maximum Gasteiger partial charge on any atom is 0.231 e. The molecule has 0 amide bonds. The molecule has 0 fully saturated rings. The number of nitrogens with zero attached hydrogens (tertiary/aromatic N) is 1. The minimum absolute atomic E-state index is 0.0990. The number of ether oxygens (including phenoxy) is 2. The summed E-state index contributed by atoms with van der Waals surface area (Å²) in [4.78, 5) is 2.07. The van der Waals surface area contributed by atoms with E-state index in [0.29, 0.717) is 23.1 Å². The minimum atomic E-state index is -0.275. The summed E-state index contributed by atoms with van der Waals surface area (Å²) in [7, 11) is 1.97. The summed E-state index contributed by atoms with van der Waals surface area (Å²) in [5.74, 6) is 1.30. The van der Waals surface area contributed by atoms with E-state index in [1.165, 1.54) is 0 Å². The van der Waals surface area contributed by atoms with Crippen LogP contribution in [-0.4, -0.2) is 36.0 Å². The molecule has 100 valence electrons. The normalized spacial score (nSPS) is 14.3. The third-order valence-electron chi connectivity index (χ3n) is 3.33. The van der Waals surface area contributed by atoms with Crippen molar-refractivity contribution in [3.05, 3.63) is 22.7 Å². The number of fused-ring (bicyclic) bond motifs is 1. The van der Waals surface area contributed by atoms with Gasteiger partial charge in [-0.3, -0.25) is 4.90 Å². The molecule has 0 saturated carbocycles. The fraction of sp³-hybridized carbons (Fsp3) is 0.538. The van der Waals surface area contributed by atoms with Crippen molar-refractivity contribution < 1.29 is 14.6 Å². The lowest BCUT2D eigenvalue weighted by molar-refractivity contribution is 0.0733. The summed E-state index contributed by atoms with van der Waals surface area (Å²) in [6, 6.07) is 3.80. The van der Waals surface area contributed by atoms with E-state index in [4.69, 9.17) is 21.1 Å². The molecule has 0 aromatic heterocycles. The van der Waals surface area contributed by atoms with Crippen LogP contribution in [0.15, 0.2) is 12.1 Å². The Labute approximate surface area is 112 Å². The standard InChI is InChI=1S/C13H18ClNO3/c1-13(2,7-16)15(3)6-9-4-10(14)12-11(5-9)17-8-18-12/h4-5,16H,6-8H2,1-3H3. The molecule has 1 aromatic rings. The highest BCUT2D eigenvalue weighted by Crippen LogP contribution is 2.40. The zero-order valence-corrected chi connectivity index (χ0v) is 11.6. The van der Waals surface area contributed by atoms with E-state index in [0.717, 1.165) is 5.56 Å². The maximum absolute atomic E-state index is 9.34. The Bertz CT molecular complexity index is 448. The molecule has 1 aliphatic rings. The van der Waals surface area contributed by atoms with E-state index in [1.54, 1.807) is 0 Å². The highest BCUT2D eigenvalue weighted by Gasteiger charge is 2.24. The van der Waals surface area contributed by atoms with Gasteiger partial charge in [0.05, 0.1) is 11.6 Å². The number of aliphatic hydroxyl groups is 1. The smallest absolute Gasteiger partial charge is 0.231 e. The van der Waals surface area contributed by atoms with E-state index in [-0.39, 0.29) is 18.9 Å². The predicted octanol–water partition coefficient (Wildman–Crippen LogP) is 2.27. The molecule has 0 spiro atoms. The number of likely N-dealkylation sites (N-methyl/N-ethyl adjacent to an activating group) is 1. The lowest BCUT2D eigenvalue weighted by Gasteiger charge is -2.33. The zero-order chi connectivity index (χ0) is 13.3. The van der Waals surface area contributed by atoms with Crippen LogP contribution < -0.4 is 9.47 Å². The van der Waals surface area contributed by atoms with Gasteiger partial charge in [-0.1, -0.05) is 11.6 Å². The second kappa shape index (κ2) is 4.96. The summed E-state index contributed by atoms with van der Waals surface area (Å²) in [6.45, 7) is 4.98. The highest BCUT2D eigenvalue weighted by atomic mass is 35.5. The predicted molar refractivity (Wildman–Crippen MR) is 70.2 cm³/mol. The van der Waals surface area contributed by atoms with Crippen molar-refractivity contribution in [2.24, 2.45) is 0 Å². The number of aliphatic hydroxyl groups excluding tert-OH is 1. The second-order valence-corrected chi connectivity index (χ2v) is 5.55. The quantitative estimate of drug-likeness (QED) is 0.912. The average Bonchev–Trinajstić information content (AvgIpc) is 2.77. The van der Waals surface area contributed by atoms with Gasteiger partial charge in [-0.15, -0.1) is 0 Å². The number of benzene rings is 1. The van der Waals surface area contributed by atoms with Gasteiger partial charge in [0, 0.05) is 12.1 Å². The van der Waals surface area contributed by atoms with Gasteiger partial charge in [-0.25, -0.2) is 0 Å². The largest absolute Gasteiger partial charge is 0.454 e. The van der Waals surface area contributed by atoms with Crippen molar-refractivity contribution in [2.45, 2.75) is 25.9 Å². The van der Waals surface area contributed by atoms with E-state index >= 15 is 0 Å². The third-order valence-corrected chi connectivity index (χ3v) is 3.61. The molecular weight excluding hydrogens is 254 g/mol. The molecule has 18 heavy (non-hydrogen) atoms. The first-order valence-corrected chi connectivity index (χ1v) is 6.22. The monoisotopic (exact) mass is 271 g/mol. The van der Waals surface area contributed by atoms with Crippen LogP contribution >= 0.6 is 11.6 Å². The van der Waals surface area contributed by atoms with Crippen LogP contribution in [0.4, 0.5) is 0 Å². The molecule has 4 nitrogen and oxygen atoms in total. The lowest BCUT2D eigenvalue weighted by Crippen LogP contribution is -2.43. The number of hydrogen-bond donors (Lipinski definition) is 1. The van der Waals surface area contributed by atoms with Crippen molar-refractivity contribution in [1.29, 1.82) is 0 Å². The van der Waals surface area contributed by atoms with Gasteiger partial charge in [0.15, 0.2) is 11.5 Å². The van der Waals surface area contributed by atoms with Crippen LogP contribution in [0.1, 0.15) is 19.4 Å². The third kappa shape index (κ3) is 2.55.